The lowest BCUT2D eigenvalue weighted by Crippen LogP contribution is -2.34. The highest BCUT2D eigenvalue weighted by molar-refractivity contribution is 5.77. The molecule has 1 aromatic carbocycles. The molecular weight excluding hydrogens is 487 g/mol. The molecule has 4 rings (SSSR count). The Labute approximate surface area is 225 Å². The average Bonchev–Trinajstić information content (AvgIpc) is 3.34. The van der Waals surface area contributed by atoms with Crippen LogP contribution in [0.4, 0.5) is 15.9 Å². The number of methoxy groups -OCH3 is 1. The van der Waals surface area contributed by atoms with E-state index in [0.717, 1.165) is 68.0 Å². The molecule has 38 heavy (non-hydrogen) atoms. The highest BCUT2D eigenvalue weighted by atomic mass is 19.1. The molecule has 0 radical (unpaired) electrons. The van der Waals surface area contributed by atoms with Gasteiger partial charge < -0.3 is 24.8 Å². The van der Waals surface area contributed by atoms with Crippen LogP contribution in [-0.2, 0) is 16.0 Å². The van der Waals surface area contributed by atoms with Crippen LogP contribution in [0.25, 0.3) is 0 Å². The first-order chi connectivity index (χ1) is 18.3. The Hall–Kier alpha value is -2.91. The summed E-state index contributed by atoms with van der Waals surface area (Å²) in [5.41, 5.74) is 3.38. The molecule has 2 aliphatic rings. The molecule has 0 bridgehead atoms. The van der Waals surface area contributed by atoms with Gasteiger partial charge >= 0.3 is 5.97 Å². The number of hydrogen-bond donors (Lipinski definition) is 2. The summed E-state index contributed by atoms with van der Waals surface area (Å²) in [7, 11) is 3.47. The Morgan fingerprint density at radius 3 is 2.79 bits per heavy atom. The first-order valence-electron chi connectivity index (χ1n) is 13.7. The first-order valence-corrected chi connectivity index (χ1v) is 13.7. The molecule has 3 heterocycles. The number of aromatic nitrogens is 1. The SMILES string of the molecule is COc1c(F)cc(C(C)C)cc1C(C(=O)O)N1CC[C@@H](OCCCCCc2ccc3c(n2)NCCN3C)C1. The lowest BCUT2D eigenvalue weighted by atomic mass is 9.95. The van der Waals surface area contributed by atoms with Crippen LogP contribution >= 0.6 is 0 Å². The van der Waals surface area contributed by atoms with Gasteiger partial charge in [0.05, 0.1) is 18.9 Å². The van der Waals surface area contributed by atoms with Gasteiger partial charge in [0.1, 0.15) is 11.9 Å². The van der Waals surface area contributed by atoms with Crippen molar-refractivity contribution in [3.05, 3.63) is 46.9 Å². The number of pyridine rings is 1. The highest BCUT2D eigenvalue weighted by Crippen LogP contribution is 2.37. The standard InChI is InChI=1S/C29H41FN4O4/c1-19(2)20-16-23(27(37-4)24(30)17-20)26(29(35)36)34-13-11-22(18-34)38-15-7-5-6-8-21-9-10-25-28(32-21)31-12-14-33(25)3/h9-10,16-17,19,22,26H,5-8,11-15,18H2,1-4H3,(H,31,32)(H,35,36)/t22-,26?/m1/s1. The molecule has 2 N–H and O–H groups in total. The van der Waals surface area contributed by atoms with Gasteiger partial charge in [-0.1, -0.05) is 20.3 Å². The largest absolute Gasteiger partial charge is 0.493 e. The Bertz CT molecular complexity index is 1110. The number of nitrogens with one attached hydrogen (secondary N) is 1. The van der Waals surface area contributed by atoms with Crippen LogP contribution in [-0.4, -0.2) is 74.0 Å². The molecule has 0 saturated carbocycles. The fourth-order valence-electron chi connectivity index (χ4n) is 5.37. The number of fused-ring (bicyclic) bond motifs is 1. The van der Waals surface area contributed by atoms with Crippen molar-refractivity contribution in [3.8, 4) is 5.75 Å². The van der Waals surface area contributed by atoms with Gasteiger partial charge in [0.15, 0.2) is 11.6 Å². The number of likely N-dealkylation sites (tertiary alicyclic amines) is 1. The van der Waals surface area contributed by atoms with Crippen LogP contribution in [0.2, 0.25) is 0 Å². The molecule has 1 unspecified atom stereocenters. The number of nitrogens with zero attached hydrogens (tertiary/aromatic N) is 3. The molecular formula is C29H41FN4O4. The second-order valence-corrected chi connectivity index (χ2v) is 10.6. The van der Waals surface area contributed by atoms with E-state index in [9.17, 15) is 14.3 Å². The molecule has 2 aromatic rings. The minimum absolute atomic E-state index is 0.00221. The number of carboxylic acids is 1. The van der Waals surface area contributed by atoms with Crippen molar-refractivity contribution in [2.45, 2.75) is 64.0 Å². The van der Waals surface area contributed by atoms with E-state index < -0.39 is 17.8 Å². The molecule has 0 aliphatic carbocycles. The lowest BCUT2D eigenvalue weighted by Gasteiger charge is -2.27. The van der Waals surface area contributed by atoms with Crippen LogP contribution in [0.15, 0.2) is 24.3 Å². The number of carboxylic acid groups (broad SMARTS) is 1. The summed E-state index contributed by atoms with van der Waals surface area (Å²) in [6.07, 6.45) is 4.67. The first kappa shape index (κ1) is 28.1. The van der Waals surface area contributed by atoms with Gasteiger partial charge in [0, 0.05) is 51.1 Å². The highest BCUT2D eigenvalue weighted by Gasteiger charge is 2.36. The fourth-order valence-corrected chi connectivity index (χ4v) is 5.37. The Morgan fingerprint density at radius 1 is 1.24 bits per heavy atom. The minimum Gasteiger partial charge on any atom is -0.493 e. The number of carbonyl (C=O) groups is 1. The number of benzene rings is 1. The van der Waals surface area contributed by atoms with Gasteiger partial charge in [-0.2, -0.15) is 0 Å². The van der Waals surface area contributed by atoms with Crippen LogP contribution in [0.1, 0.15) is 68.3 Å². The number of aryl methyl sites for hydroxylation is 1. The van der Waals surface area contributed by atoms with E-state index in [-0.39, 0.29) is 17.8 Å². The molecule has 1 aromatic heterocycles. The Kier molecular flexibility index (Phi) is 9.44. The van der Waals surface area contributed by atoms with Crippen molar-refractivity contribution in [1.29, 1.82) is 0 Å². The predicted octanol–water partition coefficient (Wildman–Crippen LogP) is 4.84. The molecule has 208 valence electrons. The maximum Gasteiger partial charge on any atom is 0.325 e. The normalized spacial score (nSPS) is 18.4. The Balaban J connectivity index is 1.25. The van der Waals surface area contributed by atoms with Crippen LogP contribution < -0.4 is 15.0 Å². The zero-order valence-electron chi connectivity index (χ0n) is 23.0. The summed E-state index contributed by atoms with van der Waals surface area (Å²) < 4.78 is 26.2. The van der Waals surface area contributed by atoms with E-state index in [0.29, 0.717) is 25.3 Å². The molecule has 8 nitrogen and oxygen atoms in total. The average molecular weight is 529 g/mol. The number of halogens is 1. The summed E-state index contributed by atoms with van der Waals surface area (Å²) in [5, 5.41) is 13.5. The Morgan fingerprint density at radius 2 is 2.05 bits per heavy atom. The van der Waals surface area contributed by atoms with Crippen LogP contribution in [0.3, 0.4) is 0 Å². The topological polar surface area (TPSA) is 87.2 Å². The van der Waals surface area contributed by atoms with Crippen molar-refractivity contribution in [2.75, 3.05) is 57.2 Å². The number of rotatable bonds is 12. The van der Waals surface area contributed by atoms with Crippen molar-refractivity contribution >= 4 is 17.5 Å². The molecule has 0 spiro atoms. The van der Waals surface area contributed by atoms with Crippen molar-refractivity contribution < 1.29 is 23.8 Å². The van der Waals surface area contributed by atoms with E-state index in [2.05, 4.69) is 29.4 Å². The molecule has 2 atom stereocenters. The number of ether oxygens (including phenoxy) is 2. The maximum absolute atomic E-state index is 14.8. The van der Waals surface area contributed by atoms with Crippen molar-refractivity contribution in [1.82, 2.24) is 9.88 Å². The third kappa shape index (κ3) is 6.56. The van der Waals surface area contributed by atoms with E-state index >= 15 is 0 Å². The maximum atomic E-state index is 14.8. The van der Waals surface area contributed by atoms with E-state index in [1.54, 1.807) is 6.07 Å². The predicted molar refractivity (Wildman–Crippen MR) is 147 cm³/mol. The van der Waals surface area contributed by atoms with Gasteiger partial charge in [-0.3, -0.25) is 9.69 Å². The van der Waals surface area contributed by atoms with Gasteiger partial charge in [-0.15, -0.1) is 0 Å². The second-order valence-electron chi connectivity index (χ2n) is 10.6. The van der Waals surface area contributed by atoms with Crippen LogP contribution in [0.5, 0.6) is 5.75 Å². The number of anilines is 2. The van der Waals surface area contributed by atoms with E-state index in [1.165, 1.54) is 13.2 Å². The van der Waals surface area contributed by atoms with E-state index in [1.807, 2.05) is 18.7 Å². The van der Waals surface area contributed by atoms with E-state index in [4.69, 9.17) is 14.5 Å². The molecule has 2 aliphatic heterocycles. The third-order valence-corrected chi connectivity index (χ3v) is 7.55. The fraction of sp³-hybridized carbons (Fsp3) is 0.586. The van der Waals surface area contributed by atoms with Gasteiger partial charge in [-0.05, 0) is 61.4 Å². The molecule has 0 amide bonds. The minimum atomic E-state index is -1.01. The zero-order chi connectivity index (χ0) is 27.2. The molecule has 1 saturated heterocycles. The van der Waals surface area contributed by atoms with Crippen LogP contribution in [0, 0.1) is 5.82 Å². The molecule has 9 heteroatoms. The second kappa shape index (κ2) is 12.8. The number of hydrogen-bond acceptors (Lipinski definition) is 7. The van der Waals surface area contributed by atoms with Crippen molar-refractivity contribution in [2.24, 2.45) is 0 Å². The summed E-state index contributed by atoms with van der Waals surface area (Å²) in [4.78, 5) is 21.2. The number of likely N-dealkylation sites (N-methyl/N-ethyl adjacent to an activating group) is 1. The van der Waals surface area contributed by atoms with Gasteiger partial charge in [0.25, 0.3) is 0 Å². The summed E-state index contributed by atoms with van der Waals surface area (Å²) in [6, 6.07) is 6.48. The lowest BCUT2D eigenvalue weighted by molar-refractivity contribution is -0.143. The monoisotopic (exact) mass is 528 g/mol. The van der Waals surface area contributed by atoms with Crippen molar-refractivity contribution in [3.63, 3.8) is 0 Å². The van der Waals surface area contributed by atoms with Gasteiger partial charge in [-0.25, -0.2) is 9.37 Å². The quantitative estimate of drug-likeness (QED) is 0.379. The summed E-state index contributed by atoms with van der Waals surface area (Å²) in [6.45, 7) is 7.53. The zero-order valence-corrected chi connectivity index (χ0v) is 23.0. The number of unbranched alkanes of at least 4 members (excludes halogenated alkanes) is 2. The number of aliphatic carboxylic acids is 1. The third-order valence-electron chi connectivity index (χ3n) is 7.55. The van der Waals surface area contributed by atoms with Gasteiger partial charge in [0.2, 0.25) is 0 Å². The molecule has 1 fully saturated rings. The summed E-state index contributed by atoms with van der Waals surface area (Å²) in [5.74, 6) is -0.494. The summed E-state index contributed by atoms with van der Waals surface area (Å²) >= 11 is 0. The smallest absolute Gasteiger partial charge is 0.325 e.